The van der Waals surface area contributed by atoms with Gasteiger partial charge in [-0.15, -0.1) is 0 Å². The van der Waals surface area contributed by atoms with Gasteiger partial charge in [-0.1, -0.05) is 30.3 Å². The Balaban J connectivity index is 2.22. The number of amides is 2. The zero-order valence-electron chi connectivity index (χ0n) is 12.3. The number of carboxylic acid groups (broad SMARTS) is 1. The summed E-state index contributed by atoms with van der Waals surface area (Å²) in [5, 5.41) is 13.3. The number of hydrogen-bond donors (Lipinski definition) is 3. The van der Waals surface area contributed by atoms with Gasteiger partial charge in [0, 0.05) is 0 Å². The van der Waals surface area contributed by atoms with Gasteiger partial charge in [0.2, 0.25) is 0 Å². The van der Waals surface area contributed by atoms with Gasteiger partial charge in [-0.05, 0) is 39.7 Å². The molecule has 0 spiro atoms. The van der Waals surface area contributed by atoms with Gasteiger partial charge in [-0.2, -0.15) is 0 Å². The molecule has 0 bridgehead atoms. The zero-order valence-corrected chi connectivity index (χ0v) is 13.9. The molecule has 0 saturated carbocycles. The number of carbonyl (C=O) groups is 3. The highest BCUT2D eigenvalue weighted by Crippen LogP contribution is 2.14. The average Bonchev–Trinajstić information content (AvgIpc) is 2.99. The summed E-state index contributed by atoms with van der Waals surface area (Å²) in [5.41, 5.74) is 0.568. The normalized spacial score (nSPS) is 11.0. The van der Waals surface area contributed by atoms with Crippen LogP contribution in [-0.2, 0) is 9.59 Å². The van der Waals surface area contributed by atoms with E-state index in [0.717, 1.165) is 0 Å². The number of nitrogens with one attached hydrogen (secondary N) is 2. The van der Waals surface area contributed by atoms with Gasteiger partial charge >= 0.3 is 5.97 Å². The Morgan fingerprint density at radius 3 is 2.42 bits per heavy atom. The Morgan fingerprint density at radius 1 is 1.12 bits per heavy atom. The number of benzene rings is 1. The molecule has 7 nitrogen and oxygen atoms in total. The fraction of sp³-hybridized carbons (Fsp3) is 0.0625. The molecular formula is C16H13BrN2O5. The molecule has 0 radical (unpaired) electrons. The molecule has 0 aliphatic carbocycles. The second-order valence-electron chi connectivity index (χ2n) is 4.60. The molecular weight excluding hydrogens is 380 g/mol. The van der Waals surface area contributed by atoms with Crippen molar-refractivity contribution in [2.75, 3.05) is 6.54 Å². The van der Waals surface area contributed by atoms with E-state index in [4.69, 9.17) is 9.52 Å². The first-order valence-corrected chi connectivity index (χ1v) is 7.58. The lowest BCUT2D eigenvalue weighted by molar-refractivity contribution is -0.137. The standard InChI is InChI=1S/C16H13BrN2O5/c17-13-7-6-12(24-13)16(23)19-11(15(22)18-9-14(20)21)8-10-4-2-1-3-5-10/h1-8H,9H2,(H,18,22)(H,19,23)(H,20,21)/b11-8+. The first-order chi connectivity index (χ1) is 11.5. The largest absolute Gasteiger partial charge is 0.480 e. The van der Waals surface area contributed by atoms with Crippen LogP contribution in [0.3, 0.4) is 0 Å². The van der Waals surface area contributed by atoms with E-state index >= 15 is 0 Å². The molecule has 3 N–H and O–H groups in total. The Morgan fingerprint density at radius 2 is 1.83 bits per heavy atom. The third kappa shape index (κ3) is 5.10. The van der Waals surface area contributed by atoms with Crippen LogP contribution in [0.5, 0.6) is 0 Å². The van der Waals surface area contributed by atoms with E-state index in [1.165, 1.54) is 12.1 Å². The molecule has 2 rings (SSSR count). The number of carboxylic acids is 1. The van der Waals surface area contributed by atoms with Crippen molar-refractivity contribution >= 4 is 39.8 Å². The van der Waals surface area contributed by atoms with E-state index in [-0.39, 0.29) is 11.5 Å². The lowest BCUT2D eigenvalue weighted by Crippen LogP contribution is -2.37. The minimum atomic E-state index is -1.19. The molecule has 1 aromatic carbocycles. The summed E-state index contributed by atoms with van der Waals surface area (Å²) in [6, 6.07) is 11.8. The zero-order chi connectivity index (χ0) is 17.5. The number of aliphatic carboxylic acids is 1. The van der Waals surface area contributed by atoms with Gasteiger partial charge in [0.05, 0.1) is 0 Å². The molecule has 24 heavy (non-hydrogen) atoms. The average molecular weight is 393 g/mol. The highest BCUT2D eigenvalue weighted by molar-refractivity contribution is 9.10. The molecule has 8 heteroatoms. The minimum Gasteiger partial charge on any atom is -0.480 e. The monoisotopic (exact) mass is 392 g/mol. The first-order valence-electron chi connectivity index (χ1n) is 6.79. The van der Waals surface area contributed by atoms with E-state index in [2.05, 4.69) is 26.6 Å². The van der Waals surface area contributed by atoms with Crippen molar-refractivity contribution < 1.29 is 23.9 Å². The second-order valence-corrected chi connectivity index (χ2v) is 5.38. The smallest absolute Gasteiger partial charge is 0.322 e. The van der Waals surface area contributed by atoms with Crippen LogP contribution in [0.25, 0.3) is 6.08 Å². The SMILES string of the molecule is O=C(O)CNC(=O)/C(=C\c1ccccc1)NC(=O)c1ccc(Br)o1. The van der Waals surface area contributed by atoms with Crippen LogP contribution in [0.2, 0.25) is 0 Å². The number of rotatable bonds is 6. The number of halogens is 1. The molecule has 2 amide bonds. The molecule has 2 aromatic rings. The van der Waals surface area contributed by atoms with Crippen LogP contribution in [0, 0.1) is 0 Å². The summed E-state index contributed by atoms with van der Waals surface area (Å²) in [6.45, 7) is -0.562. The van der Waals surface area contributed by atoms with Crippen molar-refractivity contribution in [1.82, 2.24) is 10.6 Å². The van der Waals surface area contributed by atoms with Gasteiger partial charge in [0.25, 0.3) is 11.8 Å². The fourth-order valence-corrected chi connectivity index (χ4v) is 2.05. The molecule has 0 saturated heterocycles. The molecule has 0 aliphatic heterocycles. The van der Waals surface area contributed by atoms with Gasteiger partial charge < -0.3 is 20.2 Å². The predicted octanol–water partition coefficient (Wildman–Crippen LogP) is 2.01. The lowest BCUT2D eigenvalue weighted by Gasteiger charge is -2.09. The van der Waals surface area contributed by atoms with E-state index in [9.17, 15) is 14.4 Å². The Kier molecular flexibility index (Phi) is 5.91. The molecule has 1 heterocycles. The van der Waals surface area contributed by atoms with Crippen LogP contribution in [0.4, 0.5) is 0 Å². The second kappa shape index (κ2) is 8.11. The van der Waals surface area contributed by atoms with Crippen LogP contribution >= 0.6 is 15.9 Å². The van der Waals surface area contributed by atoms with Crippen LogP contribution in [-0.4, -0.2) is 29.4 Å². The maximum absolute atomic E-state index is 12.1. The molecule has 0 atom stereocenters. The van der Waals surface area contributed by atoms with E-state index in [1.54, 1.807) is 36.4 Å². The Bertz CT molecular complexity index is 783. The van der Waals surface area contributed by atoms with Gasteiger partial charge in [0.15, 0.2) is 10.4 Å². The number of hydrogen-bond acceptors (Lipinski definition) is 4. The minimum absolute atomic E-state index is 0.00636. The summed E-state index contributed by atoms with van der Waals surface area (Å²) in [5.74, 6) is -2.54. The van der Waals surface area contributed by atoms with Gasteiger partial charge in [-0.3, -0.25) is 14.4 Å². The van der Waals surface area contributed by atoms with Gasteiger partial charge in [-0.25, -0.2) is 0 Å². The van der Waals surface area contributed by atoms with Gasteiger partial charge in [0.1, 0.15) is 12.2 Å². The number of furan rings is 1. The van der Waals surface area contributed by atoms with E-state index < -0.39 is 24.3 Å². The molecule has 1 aromatic heterocycles. The summed E-state index contributed by atoms with van der Waals surface area (Å²) >= 11 is 3.08. The number of carbonyl (C=O) groups excluding carboxylic acids is 2. The molecule has 0 aliphatic rings. The van der Waals surface area contributed by atoms with Crippen molar-refractivity contribution in [3.63, 3.8) is 0 Å². The maximum Gasteiger partial charge on any atom is 0.322 e. The maximum atomic E-state index is 12.1. The van der Waals surface area contributed by atoms with Crippen LogP contribution < -0.4 is 10.6 Å². The fourth-order valence-electron chi connectivity index (χ4n) is 1.75. The van der Waals surface area contributed by atoms with Crippen LogP contribution in [0.1, 0.15) is 16.1 Å². The summed E-state index contributed by atoms with van der Waals surface area (Å²) in [4.78, 5) is 34.9. The molecule has 0 unspecified atom stereocenters. The Hall–Kier alpha value is -2.87. The lowest BCUT2D eigenvalue weighted by atomic mass is 10.2. The molecule has 0 fully saturated rings. The Labute approximate surface area is 145 Å². The van der Waals surface area contributed by atoms with E-state index in [0.29, 0.717) is 10.2 Å². The van der Waals surface area contributed by atoms with Crippen molar-refractivity contribution in [3.05, 3.63) is 64.2 Å². The van der Waals surface area contributed by atoms with E-state index in [1.807, 2.05) is 0 Å². The third-order valence-corrected chi connectivity index (χ3v) is 3.23. The summed E-state index contributed by atoms with van der Waals surface area (Å²) in [6.07, 6.45) is 1.44. The quantitative estimate of drug-likeness (QED) is 0.651. The van der Waals surface area contributed by atoms with Crippen LogP contribution in [0.15, 0.2) is 57.2 Å². The van der Waals surface area contributed by atoms with Crippen molar-refractivity contribution in [3.8, 4) is 0 Å². The third-order valence-electron chi connectivity index (χ3n) is 2.80. The molecule has 124 valence electrons. The topological polar surface area (TPSA) is 109 Å². The summed E-state index contributed by atoms with van der Waals surface area (Å²) in [7, 11) is 0. The predicted molar refractivity (Wildman–Crippen MR) is 88.9 cm³/mol. The van der Waals surface area contributed by atoms with Crippen molar-refractivity contribution in [2.45, 2.75) is 0 Å². The highest BCUT2D eigenvalue weighted by Gasteiger charge is 2.17. The van der Waals surface area contributed by atoms with Crippen molar-refractivity contribution in [1.29, 1.82) is 0 Å². The highest BCUT2D eigenvalue weighted by atomic mass is 79.9. The summed E-state index contributed by atoms with van der Waals surface area (Å²) < 4.78 is 5.50. The first kappa shape index (κ1) is 17.5. The van der Waals surface area contributed by atoms with Crippen molar-refractivity contribution in [2.24, 2.45) is 0 Å².